The smallest absolute Gasteiger partial charge is 0.191 e. The summed E-state index contributed by atoms with van der Waals surface area (Å²) in [4.78, 5) is 11.1. The quantitative estimate of drug-likeness (QED) is 0.351. The fraction of sp³-hybridized carbons (Fsp3) is 0.391. The van der Waals surface area contributed by atoms with E-state index in [-0.39, 0.29) is 0 Å². The van der Waals surface area contributed by atoms with Gasteiger partial charge in [0.25, 0.3) is 0 Å². The van der Waals surface area contributed by atoms with Crippen LogP contribution in [-0.4, -0.2) is 48.1 Å². The Morgan fingerprint density at radius 3 is 2.48 bits per heavy atom. The fourth-order valence-electron chi connectivity index (χ4n) is 3.46. The van der Waals surface area contributed by atoms with Gasteiger partial charge in [-0.3, -0.25) is 4.99 Å². The molecular weight excluding hydrogens is 360 g/mol. The third-order valence-corrected chi connectivity index (χ3v) is 4.90. The summed E-state index contributed by atoms with van der Waals surface area (Å²) < 4.78 is 2.28. The van der Waals surface area contributed by atoms with Gasteiger partial charge in [0.15, 0.2) is 5.96 Å². The summed E-state index contributed by atoms with van der Waals surface area (Å²) in [5.41, 5.74) is 4.83. The minimum Gasteiger partial charge on any atom is -0.356 e. The van der Waals surface area contributed by atoms with Crippen molar-refractivity contribution in [3.63, 3.8) is 0 Å². The number of fused-ring (bicyclic) bond motifs is 1. The number of rotatable bonds is 8. The number of hydrogen-bond donors (Lipinski definition) is 2. The van der Waals surface area contributed by atoms with Gasteiger partial charge in [0.05, 0.1) is 11.0 Å². The summed E-state index contributed by atoms with van der Waals surface area (Å²) in [6.45, 7) is 5.57. The lowest BCUT2D eigenvalue weighted by Gasteiger charge is -2.13. The van der Waals surface area contributed by atoms with Gasteiger partial charge in [0, 0.05) is 33.2 Å². The van der Waals surface area contributed by atoms with Crippen LogP contribution in [0, 0.1) is 6.92 Å². The number of nitrogens with zero attached hydrogens (tertiary/aromatic N) is 4. The summed E-state index contributed by atoms with van der Waals surface area (Å²) in [6, 6.07) is 17.0. The SMILES string of the molecule is CN=C(NCCCn1c(C)nc2ccccc21)NCc1ccc(CN(C)C)cc1. The number of para-hydroxylation sites is 2. The molecule has 1 aromatic heterocycles. The van der Waals surface area contributed by atoms with Gasteiger partial charge in [-0.25, -0.2) is 4.98 Å². The first-order chi connectivity index (χ1) is 14.1. The van der Waals surface area contributed by atoms with Crippen LogP contribution in [0.4, 0.5) is 0 Å². The summed E-state index contributed by atoms with van der Waals surface area (Å²) in [6.07, 6.45) is 1.00. The molecule has 0 aliphatic rings. The van der Waals surface area contributed by atoms with Crippen LogP contribution in [0.25, 0.3) is 11.0 Å². The first-order valence-electron chi connectivity index (χ1n) is 10.2. The average Bonchev–Trinajstić information content (AvgIpc) is 3.03. The monoisotopic (exact) mass is 392 g/mol. The van der Waals surface area contributed by atoms with E-state index in [4.69, 9.17) is 0 Å². The maximum atomic E-state index is 4.63. The standard InChI is InChI=1S/C23H32N6/c1-18-27-21-8-5-6-9-22(21)29(18)15-7-14-25-23(24-2)26-16-19-10-12-20(13-11-19)17-28(3)4/h5-6,8-13H,7,14-17H2,1-4H3,(H2,24,25,26). The fourth-order valence-corrected chi connectivity index (χ4v) is 3.46. The highest BCUT2D eigenvalue weighted by Crippen LogP contribution is 2.15. The molecule has 0 aliphatic heterocycles. The van der Waals surface area contributed by atoms with Crippen molar-refractivity contribution in [3.8, 4) is 0 Å². The summed E-state index contributed by atoms with van der Waals surface area (Å²) >= 11 is 0. The van der Waals surface area contributed by atoms with Crippen molar-refractivity contribution in [1.29, 1.82) is 0 Å². The number of guanidine groups is 1. The van der Waals surface area contributed by atoms with E-state index in [0.29, 0.717) is 0 Å². The minimum absolute atomic E-state index is 0.757. The van der Waals surface area contributed by atoms with E-state index < -0.39 is 0 Å². The van der Waals surface area contributed by atoms with Crippen LogP contribution in [0.2, 0.25) is 0 Å². The highest BCUT2D eigenvalue weighted by Gasteiger charge is 2.06. The molecule has 6 heteroatoms. The Bertz CT molecular complexity index is 940. The first kappa shape index (κ1) is 20.9. The van der Waals surface area contributed by atoms with Gasteiger partial charge in [0.2, 0.25) is 0 Å². The molecule has 3 aromatic rings. The second-order valence-electron chi connectivity index (χ2n) is 7.56. The van der Waals surface area contributed by atoms with Crippen molar-refractivity contribution in [3.05, 3.63) is 65.5 Å². The zero-order valence-electron chi connectivity index (χ0n) is 17.9. The van der Waals surface area contributed by atoms with Gasteiger partial charge in [-0.2, -0.15) is 0 Å². The zero-order chi connectivity index (χ0) is 20.6. The lowest BCUT2D eigenvalue weighted by atomic mass is 10.1. The third-order valence-electron chi connectivity index (χ3n) is 4.90. The molecule has 0 unspecified atom stereocenters. The summed E-state index contributed by atoms with van der Waals surface area (Å²) in [5, 5.41) is 6.80. The van der Waals surface area contributed by atoms with Crippen LogP contribution in [0.3, 0.4) is 0 Å². The number of imidazole rings is 1. The number of aryl methyl sites for hydroxylation is 2. The minimum atomic E-state index is 0.757. The van der Waals surface area contributed by atoms with Gasteiger partial charge in [-0.05, 0) is 50.7 Å². The van der Waals surface area contributed by atoms with Crippen molar-refractivity contribution in [2.45, 2.75) is 33.0 Å². The Hall–Kier alpha value is -2.86. The van der Waals surface area contributed by atoms with E-state index in [1.54, 1.807) is 0 Å². The van der Waals surface area contributed by atoms with Crippen molar-refractivity contribution in [2.24, 2.45) is 4.99 Å². The molecule has 0 saturated carbocycles. The highest BCUT2D eigenvalue weighted by molar-refractivity contribution is 5.79. The van der Waals surface area contributed by atoms with Crippen molar-refractivity contribution >= 4 is 17.0 Å². The van der Waals surface area contributed by atoms with E-state index in [2.05, 4.69) is 93.6 Å². The van der Waals surface area contributed by atoms with E-state index in [1.807, 2.05) is 13.1 Å². The van der Waals surface area contributed by atoms with Crippen LogP contribution in [-0.2, 0) is 19.6 Å². The Morgan fingerprint density at radius 1 is 1.03 bits per heavy atom. The second-order valence-corrected chi connectivity index (χ2v) is 7.56. The summed E-state index contributed by atoms with van der Waals surface area (Å²) in [5.74, 6) is 1.89. The first-order valence-corrected chi connectivity index (χ1v) is 10.2. The molecule has 2 N–H and O–H groups in total. The van der Waals surface area contributed by atoms with E-state index in [1.165, 1.54) is 16.6 Å². The van der Waals surface area contributed by atoms with Gasteiger partial charge in [0.1, 0.15) is 5.82 Å². The van der Waals surface area contributed by atoms with Crippen molar-refractivity contribution in [2.75, 3.05) is 27.7 Å². The predicted molar refractivity (Wildman–Crippen MR) is 121 cm³/mol. The second kappa shape index (κ2) is 10.1. The van der Waals surface area contributed by atoms with Crippen molar-refractivity contribution < 1.29 is 0 Å². The van der Waals surface area contributed by atoms with Gasteiger partial charge >= 0.3 is 0 Å². The van der Waals surface area contributed by atoms with Gasteiger partial charge in [-0.1, -0.05) is 36.4 Å². The normalized spacial score (nSPS) is 12.0. The predicted octanol–water partition coefficient (Wildman–Crippen LogP) is 3.16. The van der Waals surface area contributed by atoms with E-state index >= 15 is 0 Å². The summed E-state index contributed by atoms with van der Waals surface area (Å²) in [7, 11) is 5.98. The van der Waals surface area contributed by atoms with E-state index in [0.717, 1.165) is 49.9 Å². The number of hydrogen-bond acceptors (Lipinski definition) is 3. The lowest BCUT2D eigenvalue weighted by Crippen LogP contribution is -2.37. The molecule has 154 valence electrons. The highest BCUT2D eigenvalue weighted by atomic mass is 15.2. The zero-order valence-corrected chi connectivity index (χ0v) is 17.9. The largest absolute Gasteiger partial charge is 0.356 e. The lowest BCUT2D eigenvalue weighted by molar-refractivity contribution is 0.402. The number of nitrogens with one attached hydrogen (secondary N) is 2. The Labute approximate surface area is 173 Å². The molecule has 0 amide bonds. The molecule has 0 bridgehead atoms. The van der Waals surface area contributed by atoms with Crippen LogP contribution in [0.5, 0.6) is 0 Å². The molecule has 0 spiro atoms. The van der Waals surface area contributed by atoms with Crippen LogP contribution in [0.15, 0.2) is 53.5 Å². The number of benzene rings is 2. The van der Waals surface area contributed by atoms with Crippen LogP contribution < -0.4 is 10.6 Å². The molecule has 29 heavy (non-hydrogen) atoms. The third kappa shape index (κ3) is 5.81. The number of aromatic nitrogens is 2. The molecule has 0 aliphatic carbocycles. The topological polar surface area (TPSA) is 57.5 Å². The maximum Gasteiger partial charge on any atom is 0.191 e. The molecule has 0 radical (unpaired) electrons. The van der Waals surface area contributed by atoms with Gasteiger partial charge in [-0.15, -0.1) is 0 Å². The molecule has 0 atom stereocenters. The molecule has 3 rings (SSSR count). The number of aliphatic imine (C=N–C) groups is 1. The molecule has 0 saturated heterocycles. The van der Waals surface area contributed by atoms with Gasteiger partial charge < -0.3 is 20.1 Å². The average molecular weight is 393 g/mol. The van der Waals surface area contributed by atoms with E-state index in [9.17, 15) is 0 Å². The Kier molecular flexibility index (Phi) is 7.25. The molecule has 2 aromatic carbocycles. The molecule has 0 fully saturated rings. The Morgan fingerprint density at radius 2 is 1.76 bits per heavy atom. The van der Waals surface area contributed by atoms with Crippen LogP contribution in [0.1, 0.15) is 23.4 Å². The van der Waals surface area contributed by atoms with Crippen molar-refractivity contribution in [1.82, 2.24) is 25.1 Å². The molecule has 6 nitrogen and oxygen atoms in total. The maximum absolute atomic E-state index is 4.63. The van der Waals surface area contributed by atoms with Crippen LogP contribution >= 0.6 is 0 Å². The molecule has 1 heterocycles. The molecular formula is C23H32N6. The Balaban J connectivity index is 1.44.